The van der Waals surface area contributed by atoms with Crippen LogP contribution in [-0.2, 0) is 0 Å². The maximum atomic E-state index is 14.6. The lowest BCUT2D eigenvalue weighted by Crippen LogP contribution is -2.37. The first-order valence-corrected chi connectivity index (χ1v) is 8.35. The van der Waals surface area contributed by atoms with Crippen molar-refractivity contribution in [2.24, 2.45) is 5.92 Å². The summed E-state index contributed by atoms with van der Waals surface area (Å²) in [6, 6.07) is 5.95. The van der Waals surface area contributed by atoms with Gasteiger partial charge in [-0.25, -0.2) is 4.39 Å². The summed E-state index contributed by atoms with van der Waals surface area (Å²) in [6.07, 6.45) is 4.59. The van der Waals surface area contributed by atoms with E-state index in [1.807, 2.05) is 6.07 Å². The summed E-state index contributed by atoms with van der Waals surface area (Å²) in [4.78, 5) is 2.22. The molecule has 0 atom stereocenters. The molecule has 1 aromatic rings. The van der Waals surface area contributed by atoms with E-state index in [4.69, 9.17) is 5.26 Å². The molecule has 1 aliphatic heterocycles. The molecule has 112 valence electrons. The number of nitrogens with zero attached hydrogens (tertiary/aromatic N) is 2. The summed E-state index contributed by atoms with van der Waals surface area (Å²) in [5.74, 6) is 0.329. The fourth-order valence-electron chi connectivity index (χ4n) is 3.02. The summed E-state index contributed by atoms with van der Waals surface area (Å²) in [5.41, 5.74) is 0.996. The van der Waals surface area contributed by atoms with Crippen LogP contribution in [0.5, 0.6) is 0 Å². The van der Waals surface area contributed by atoms with Crippen molar-refractivity contribution in [3.05, 3.63) is 28.0 Å². The van der Waals surface area contributed by atoms with E-state index < -0.39 is 0 Å². The van der Waals surface area contributed by atoms with Crippen molar-refractivity contribution in [3.63, 3.8) is 0 Å². The van der Waals surface area contributed by atoms with E-state index in [0.717, 1.165) is 45.3 Å². The lowest BCUT2D eigenvalue weighted by molar-refractivity contribution is 0.371. The predicted octanol–water partition coefficient (Wildman–Crippen LogP) is 3.43. The van der Waals surface area contributed by atoms with Crippen LogP contribution >= 0.6 is 15.9 Å². The van der Waals surface area contributed by atoms with Crippen LogP contribution in [0.1, 0.15) is 31.2 Å². The van der Waals surface area contributed by atoms with Gasteiger partial charge in [-0.1, -0.05) is 0 Å². The van der Waals surface area contributed by atoms with Crippen LogP contribution in [0, 0.1) is 23.1 Å². The maximum absolute atomic E-state index is 14.6. The number of hydrogen-bond donors (Lipinski definition) is 1. The van der Waals surface area contributed by atoms with Gasteiger partial charge in [0.2, 0.25) is 0 Å². The molecule has 5 heteroatoms. The predicted molar refractivity (Wildman–Crippen MR) is 84.8 cm³/mol. The van der Waals surface area contributed by atoms with Crippen LogP contribution < -0.4 is 10.2 Å². The number of nitriles is 1. The zero-order chi connectivity index (χ0) is 14.8. The summed E-state index contributed by atoms with van der Waals surface area (Å²) in [7, 11) is 0. The number of halogens is 2. The van der Waals surface area contributed by atoms with Crippen LogP contribution in [0.4, 0.5) is 10.1 Å². The summed E-state index contributed by atoms with van der Waals surface area (Å²) in [6.45, 7) is 3.03. The van der Waals surface area contributed by atoms with Gasteiger partial charge < -0.3 is 10.2 Å². The van der Waals surface area contributed by atoms with Crippen LogP contribution in [0.2, 0.25) is 0 Å². The molecule has 2 aliphatic rings. The summed E-state index contributed by atoms with van der Waals surface area (Å²) >= 11 is 3.22. The van der Waals surface area contributed by atoms with Gasteiger partial charge in [0.05, 0.1) is 15.7 Å². The zero-order valence-electron chi connectivity index (χ0n) is 11.9. The van der Waals surface area contributed by atoms with E-state index in [1.165, 1.54) is 0 Å². The second-order valence-electron chi connectivity index (χ2n) is 5.95. The Kier molecular flexibility index (Phi) is 4.46. The largest absolute Gasteiger partial charge is 0.366 e. The second-order valence-corrected chi connectivity index (χ2v) is 6.74. The molecule has 2 fully saturated rings. The third-order valence-corrected chi connectivity index (χ3v) is 5.17. The average Bonchev–Trinajstić information content (AvgIpc) is 3.34. The Hall–Kier alpha value is -1.12. The summed E-state index contributed by atoms with van der Waals surface area (Å²) < 4.78 is 14.9. The van der Waals surface area contributed by atoms with Crippen LogP contribution in [0.15, 0.2) is 16.6 Å². The molecule has 3 nitrogen and oxygen atoms in total. The lowest BCUT2D eigenvalue weighted by Gasteiger charge is -2.32. The minimum absolute atomic E-state index is 0.290. The number of benzene rings is 1. The highest BCUT2D eigenvalue weighted by Crippen LogP contribution is 2.37. The molecule has 0 unspecified atom stereocenters. The first kappa shape index (κ1) is 14.8. The third kappa shape index (κ3) is 3.22. The average molecular weight is 352 g/mol. The van der Waals surface area contributed by atoms with Gasteiger partial charge in [0.15, 0.2) is 5.82 Å². The summed E-state index contributed by atoms with van der Waals surface area (Å²) in [5, 5.41) is 12.4. The SMILES string of the molecule is N#Cc1ccc(N(CC2CCNCC2)C2CC2)c(F)c1Br. The molecule has 0 radical (unpaired) electrons. The highest BCUT2D eigenvalue weighted by molar-refractivity contribution is 9.10. The molecule has 1 aliphatic carbocycles. The minimum Gasteiger partial charge on any atom is -0.366 e. The Morgan fingerprint density at radius 3 is 2.62 bits per heavy atom. The van der Waals surface area contributed by atoms with Gasteiger partial charge in [0.1, 0.15) is 6.07 Å². The number of rotatable bonds is 4. The molecule has 0 bridgehead atoms. The van der Waals surface area contributed by atoms with Crippen LogP contribution in [0.3, 0.4) is 0 Å². The van der Waals surface area contributed by atoms with Crippen molar-refractivity contribution < 1.29 is 4.39 Å². The van der Waals surface area contributed by atoms with Crippen molar-refractivity contribution in [2.45, 2.75) is 31.7 Å². The Morgan fingerprint density at radius 2 is 2.00 bits per heavy atom. The Bertz CT molecular complexity index is 559. The van der Waals surface area contributed by atoms with Gasteiger partial charge in [-0.15, -0.1) is 0 Å². The van der Waals surface area contributed by atoms with Gasteiger partial charge in [0, 0.05) is 12.6 Å². The number of anilines is 1. The quantitative estimate of drug-likeness (QED) is 0.903. The van der Waals surface area contributed by atoms with E-state index in [1.54, 1.807) is 12.1 Å². The Balaban J connectivity index is 1.84. The highest BCUT2D eigenvalue weighted by Gasteiger charge is 2.33. The first-order valence-electron chi connectivity index (χ1n) is 7.56. The Labute approximate surface area is 133 Å². The fourth-order valence-corrected chi connectivity index (χ4v) is 3.44. The molecule has 1 saturated carbocycles. The minimum atomic E-state index is -0.296. The van der Waals surface area contributed by atoms with Crippen molar-refractivity contribution in [2.75, 3.05) is 24.5 Å². The maximum Gasteiger partial charge on any atom is 0.161 e. The van der Waals surface area contributed by atoms with Gasteiger partial charge >= 0.3 is 0 Å². The molecular weight excluding hydrogens is 333 g/mol. The highest BCUT2D eigenvalue weighted by atomic mass is 79.9. The molecule has 1 N–H and O–H groups in total. The second kappa shape index (κ2) is 6.33. The van der Waals surface area contributed by atoms with Gasteiger partial charge in [0.25, 0.3) is 0 Å². The van der Waals surface area contributed by atoms with E-state index in [0.29, 0.717) is 27.7 Å². The topological polar surface area (TPSA) is 39.1 Å². The van der Waals surface area contributed by atoms with Crippen molar-refractivity contribution >= 4 is 21.6 Å². The monoisotopic (exact) mass is 351 g/mol. The molecule has 0 spiro atoms. The first-order chi connectivity index (χ1) is 10.2. The fraction of sp³-hybridized carbons (Fsp3) is 0.562. The van der Waals surface area contributed by atoms with Crippen molar-refractivity contribution in [3.8, 4) is 6.07 Å². The lowest BCUT2D eigenvalue weighted by atomic mass is 9.97. The molecule has 21 heavy (non-hydrogen) atoms. The molecule has 1 aromatic carbocycles. The standard InChI is InChI=1S/C16H19BrFN3/c17-15-12(9-19)1-4-14(16(15)18)21(13-2-3-13)10-11-5-7-20-8-6-11/h1,4,11,13,20H,2-3,5-8,10H2. The van der Waals surface area contributed by atoms with E-state index in [-0.39, 0.29) is 5.82 Å². The van der Waals surface area contributed by atoms with E-state index >= 15 is 0 Å². The van der Waals surface area contributed by atoms with Gasteiger partial charge in [-0.2, -0.15) is 5.26 Å². The third-order valence-electron chi connectivity index (χ3n) is 4.39. The van der Waals surface area contributed by atoms with Gasteiger partial charge in [-0.05, 0) is 72.8 Å². The van der Waals surface area contributed by atoms with Crippen molar-refractivity contribution in [1.29, 1.82) is 5.26 Å². The number of piperidine rings is 1. The molecule has 3 rings (SSSR count). The molecule has 1 heterocycles. The number of hydrogen-bond acceptors (Lipinski definition) is 3. The van der Waals surface area contributed by atoms with E-state index in [9.17, 15) is 4.39 Å². The van der Waals surface area contributed by atoms with Crippen LogP contribution in [-0.4, -0.2) is 25.7 Å². The molecule has 1 saturated heterocycles. The zero-order valence-corrected chi connectivity index (χ0v) is 13.5. The smallest absolute Gasteiger partial charge is 0.161 e. The van der Waals surface area contributed by atoms with Crippen LogP contribution in [0.25, 0.3) is 0 Å². The molecule has 0 aromatic heterocycles. The normalized spacial score (nSPS) is 19.3. The molecular formula is C16H19BrFN3. The van der Waals surface area contributed by atoms with Gasteiger partial charge in [-0.3, -0.25) is 0 Å². The van der Waals surface area contributed by atoms with Crippen molar-refractivity contribution in [1.82, 2.24) is 5.32 Å². The molecule has 0 amide bonds. The number of nitrogens with one attached hydrogen (secondary N) is 1. The van der Waals surface area contributed by atoms with E-state index in [2.05, 4.69) is 26.1 Å². The Morgan fingerprint density at radius 1 is 1.29 bits per heavy atom.